The molecule has 9 heteroatoms. The molecule has 0 spiro atoms. The highest BCUT2D eigenvalue weighted by Gasteiger charge is 2.12. The molecule has 0 saturated heterocycles. The maximum atomic E-state index is 12.5. The Labute approximate surface area is 189 Å². The number of imidazole rings is 1. The van der Waals surface area contributed by atoms with Crippen LogP contribution in [0.1, 0.15) is 32.2 Å². The van der Waals surface area contributed by atoms with E-state index in [0.717, 1.165) is 10.7 Å². The third-order valence-electron chi connectivity index (χ3n) is 4.59. The summed E-state index contributed by atoms with van der Waals surface area (Å²) in [6.07, 6.45) is 6.75. The van der Waals surface area contributed by atoms with E-state index in [1.165, 1.54) is 11.8 Å². The fourth-order valence-corrected chi connectivity index (χ4v) is 3.77. The van der Waals surface area contributed by atoms with Crippen molar-refractivity contribution in [2.24, 2.45) is 7.05 Å². The number of carbonyl (C=O) groups excluding carboxylic acids is 2. The number of aromatic nitrogens is 3. The Bertz CT molecular complexity index is 1220. The van der Waals surface area contributed by atoms with Gasteiger partial charge in [0.2, 0.25) is 0 Å². The number of benzene rings is 1. The minimum atomic E-state index is -0.301. The lowest BCUT2D eigenvalue weighted by Crippen LogP contribution is -2.22. The Balaban J connectivity index is 1.30. The molecular weight excluding hydrogens is 426 g/mol. The first-order valence-electron chi connectivity index (χ1n) is 9.86. The summed E-state index contributed by atoms with van der Waals surface area (Å²) in [5.74, 6) is 1.01. The molecular formula is C23H21N5O3S. The lowest BCUT2D eigenvalue weighted by molar-refractivity contribution is 0.0921. The molecule has 0 atom stereocenters. The van der Waals surface area contributed by atoms with Crippen LogP contribution in [0, 0.1) is 0 Å². The lowest BCUT2D eigenvalue weighted by Gasteiger charge is -2.08. The minimum absolute atomic E-state index is 0.222. The van der Waals surface area contributed by atoms with Crippen molar-refractivity contribution in [3.63, 3.8) is 0 Å². The van der Waals surface area contributed by atoms with Gasteiger partial charge in [-0.15, -0.1) is 0 Å². The predicted octanol–water partition coefficient (Wildman–Crippen LogP) is 3.88. The minimum Gasteiger partial charge on any atom is -0.455 e. The maximum Gasteiger partial charge on any atom is 0.287 e. The van der Waals surface area contributed by atoms with E-state index in [2.05, 4.69) is 20.6 Å². The van der Waals surface area contributed by atoms with E-state index in [-0.39, 0.29) is 17.6 Å². The summed E-state index contributed by atoms with van der Waals surface area (Å²) >= 11 is 1.54. The van der Waals surface area contributed by atoms with E-state index >= 15 is 0 Å². The molecule has 2 amide bonds. The van der Waals surface area contributed by atoms with Crippen molar-refractivity contribution in [3.05, 3.63) is 96.0 Å². The van der Waals surface area contributed by atoms with Crippen LogP contribution in [0.15, 0.2) is 82.9 Å². The molecule has 0 aliphatic carbocycles. The van der Waals surface area contributed by atoms with Crippen LogP contribution >= 0.6 is 11.8 Å². The zero-order chi connectivity index (χ0) is 22.3. The second-order valence-electron chi connectivity index (χ2n) is 6.95. The quantitative estimate of drug-likeness (QED) is 0.398. The summed E-state index contributed by atoms with van der Waals surface area (Å²) in [5, 5.41) is 6.56. The zero-order valence-corrected chi connectivity index (χ0v) is 18.1. The van der Waals surface area contributed by atoms with Gasteiger partial charge in [-0.3, -0.25) is 14.6 Å². The molecule has 3 heterocycles. The molecule has 0 bridgehead atoms. The second-order valence-corrected chi connectivity index (χ2v) is 7.89. The third-order valence-corrected chi connectivity index (χ3v) is 5.67. The van der Waals surface area contributed by atoms with Crippen molar-refractivity contribution in [1.82, 2.24) is 19.9 Å². The molecule has 0 aliphatic rings. The first kappa shape index (κ1) is 21.4. The number of hydrogen-bond acceptors (Lipinski definition) is 6. The van der Waals surface area contributed by atoms with E-state index in [0.29, 0.717) is 29.3 Å². The van der Waals surface area contributed by atoms with Crippen LogP contribution in [0.3, 0.4) is 0 Å². The number of thioether (sulfide) groups is 1. The van der Waals surface area contributed by atoms with E-state index in [1.54, 1.807) is 48.9 Å². The van der Waals surface area contributed by atoms with Gasteiger partial charge >= 0.3 is 0 Å². The third kappa shape index (κ3) is 5.44. The lowest BCUT2D eigenvalue weighted by atomic mass is 10.2. The van der Waals surface area contributed by atoms with Crippen molar-refractivity contribution in [2.75, 3.05) is 5.32 Å². The Morgan fingerprint density at radius 3 is 2.69 bits per heavy atom. The normalized spacial score (nSPS) is 10.7. The number of aryl methyl sites for hydroxylation is 1. The average Bonchev–Trinajstić information content (AvgIpc) is 3.46. The van der Waals surface area contributed by atoms with Crippen LogP contribution in [-0.2, 0) is 19.3 Å². The number of nitrogens with zero attached hydrogens (tertiary/aromatic N) is 3. The van der Waals surface area contributed by atoms with Crippen molar-refractivity contribution in [3.8, 4) is 0 Å². The number of rotatable bonds is 8. The molecule has 0 radical (unpaired) electrons. The highest BCUT2D eigenvalue weighted by Crippen LogP contribution is 2.22. The molecule has 32 heavy (non-hydrogen) atoms. The van der Waals surface area contributed by atoms with E-state index in [1.807, 2.05) is 36.0 Å². The number of nitrogens with one attached hydrogen (secondary N) is 2. The SMILES string of the molecule is Cn1ccnc1SCc1ccc(C(=O)NCc2cccc(NC(=O)c3ccncc3)c2)o1. The molecule has 8 nitrogen and oxygen atoms in total. The van der Waals surface area contributed by atoms with Gasteiger partial charge in [-0.2, -0.15) is 0 Å². The van der Waals surface area contributed by atoms with E-state index in [9.17, 15) is 9.59 Å². The Hall–Kier alpha value is -3.85. The van der Waals surface area contributed by atoms with Crippen LogP contribution < -0.4 is 10.6 Å². The molecule has 0 fully saturated rings. The fraction of sp³-hybridized carbons (Fsp3) is 0.130. The Kier molecular flexibility index (Phi) is 6.66. The number of anilines is 1. The molecule has 4 rings (SSSR count). The zero-order valence-electron chi connectivity index (χ0n) is 17.3. The van der Waals surface area contributed by atoms with Gasteiger partial charge in [0.1, 0.15) is 5.76 Å². The molecule has 3 aromatic heterocycles. The average molecular weight is 448 g/mol. The summed E-state index contributed by atoms with van der Waals surface area (Å²) < 4.78 is 7.59. The number of hydrogen-bond donors (Lipinski definition) is 2. The molecule has 2 N–H and O–H groups in total. The van der Waals surface area contributed by atoms with Gasteiger partial charge in [0.15, 0.2) is 10.9 Å². The maximum absolute atomic E-state index is 12.5. The Morgan fingerprint density at radius 1 is 1.06 bits per heavy atom. The van der Waals surface area contributed by atoms with E-state index in [4.69, 9.17) is 4.42 Å². The molecule has 0 unspecified atom stereocenters. The molecule has 4 aromatic rings. The molecule has 1 aromatic carbocycles. The standard InChI is InChI=1S/C23H21N5O3S/c1-28-12-11-25-23(28)32-15-19-5-6-20(31-19)22(30)26-14-16-3-2-4-18(13-16)27-21(29)17-7-9-24-10-8-17/h2-13H,14-15H2,1H3,(H,26,30)(H,27,29). The molecule has 0 saturated carbocycles. The number of amides is 2. The molecule has 162 valence electrons. The summed E-state index contributed by atoms with van der Waals surface area (Å²) in [4.78, 5) is 32.9. The van der Waals surface area contributed by atoms with Crippen LogP contribution in [0.4, 0.5) is 5.69 Å². The van der Waals surface area contributed by atoms with Crippen molar-refractivity contribution >= 4 is 29.3 Å². The first-order chi connectivity index (χ1) is 15.6. The predicted molar refractivity (Wildman–Crippen MR) is 121 cm³/mol. The first-order valence-corrected chi connectivity index (χ1v) is 10.8. The topological polar surface area (TPSA) is 102 Å². The van der Waals surface area contributed by atoms with Crippen molar-refractivity contribution in [2.45, 2.75) is 17.5 Å². The van der Waals surface area contributed by atoms with Crippen LogP contribution in [0.25, 0.3) is 0 Å². The van der Waals surface area contributed by atoms with Gasteiger partial charge < -0.3 is 19.6 Å². The van der Waals surface area contributed by atoms with Crippen molar-refractivity contribution in [1.29, 1.82) is 0 Å². The van der Waals surface area contributed by atoms with Gasteiger partial charge in [-0.05, 0) is 42.0 Å². The van der Waals surface area contributed by atoms with E-state index < -0.39 is 0 Å². The van der Waals surface area contributed by atoms with Crippen LogP contribution in [0.2, 0.25) is 0 Å². The van der Waals surface area contributed by atoms with Crippen LogP contribution in [0.5, 0.6) is 0 Å². The molecule has 0 aliphatic heterocycles. The summed E-state index contributed by atoms with van der Waals surface area (Å²) in [7, 11) is 1.93. The second kappa shape index (κ2) is 9.97. The number of carbonyl (C=O) groups is 2. The summed E-state index contributed by atoms with van der Waals surface area (Å²) in [6.45, 7) is 0.301. The summed E-state index contributed by atoms with van der Waals surface area (Å²) in [5.41, 5.74) is 2.02. The highest BCUT2D eigenvalue weighted by atomic mass is 32.2. The smallest absolute Gasteiger partial charge is 0.287 e. The largest absolute Gasteiger partial charge is 0.455 e. The fourth-order valence-electron chi connectivity index (χ4n) is 2.94. The number of pyridine rings is 1. The van der Waals surface area contributed by atoms with Gasteiger partial charge in [-0.1, -0.05) is 23.9 Å². The summed E-state index contributed by atoms with van der Waals surface area (Å²) in [6, 6.07) is 14.1. The highest BCUT2D eigenvalue weighted by molar-refractivity contribution is 7.98. The Morgan fingerprint density at radius 2 is 1.91 bits per heavy atom. The number of furan rings is 1. The van der Waals surface area contributed by atoms with Gasteiger partial charge in [0.05, 0.1) is 5.75 Å². The monoisotopic (exact) mass is 447 g/mol. The van der Waals surface area contributed by atoms with Crippen LogP contribution in [-0.4, -0.2) is 26.3 Å². The van der Waals surface area contributed by atoms with Gasteiger partial charge in [0.25, 0.3) is 11.8 Å². The van der Waals surface area contributed by atoms with Gasteiger partial charge in [0, 0.05) is 49.6 Å². The van der Waals surface area contributed by atoms with Gasteiger partial charge in [-0.25, -0.2) is 4.98 Å². The van der Waals surface area contributed by atoms with Crippen molar-refractivity contribution < 1.29 is 14.0 Å².